The number of alkyl halides is 3. The van der Waals surface area contributed by atoms with Crippen LogP contribution in [0.4, 0.5) is 13.2 Å². The van der Waals surface area contributed by atoms with E-state index in [1.54, 1.807) is 0 Å². The van der Waals surface area contributed by atoms with Gasteiger partial charge in [0, 0.05) is 13.1 Å². The summed E-state index contributed by atoms with van der Waals surface area (Å²) < 4.78 is 39.9. The standard InChI is InChI=1S/C12H14F3NO2/c1-9(18-11(17)12(13,14)15)7-16-8-10-5-3-2-4-6-10/h2-6,9,16H,7-8H2,1H3. The number of hydrogen-bond donors (Lipinski definition) is 1. The summed E-state index contributed by atoms with van der Waals surface area (Å²) in [6.45, 7) is 2.08. The van der Waals surface area contributed by atoms with E-state index in [2.05, 4.69) is 10.1 Å². The van der Waals surface area contributed by atoms with Crippen molar-refractivity contribution in [3.8, 4) is 0 Å². The summed E-state index contributed by atoms with van der Waals surface area (Å²) in [5, 5.41) is 2.91. The lowest BCUT2D eigenvalue weighted by Gasteiger charge is -2.15. The van der Waals surface area contributed by atoms with Gasteiger partial charge in [0.05, 0.1) is 0 Å². The molecule has 1 N–H and O–H groups in total. The summed E-state index contributed by atoms with van der Waals surface area (Å²) in [7, 11) is 0. The Morgan fingerprint density at radius 1 is 1.33 bits per heavy atom. The largest absolute Gasteiger partial charge is 0.490 e. The fourth-order valence-corrected chi connectivity index (χ4v) is 1.31. The third-order valence-corrected chi connectivity index (χ3v) is 2.14. The van der Waals surface area contributed by atoms with Crippen molar-refractivity contribution in [3.05, 3.63) is 35.9 Å². The minimum atomic E-state index is -4.94. The molecule has 1 aromatic carbocycles. The van der Waals surface area contributed by atoms with Gasteiger partial charge in [-0.15, -0.1) is 0 Å². The molecule has 6 heteroatoms. The fourth-order valence-electron chi connectivity index (χ4n) is 1.31. The van der Waals surface area contributed by atoms with E-state index in [1.807, 2.05) is 30.3 Å². The number of esters is 1. The Bertz CT molecular complexity index is 379. The number of benzene rings is 1. The zero-order chi connectivity index (χ0) is 13.6. The lowest BCUT2D eigenvalue weighted by molar-refractivity contribution is -0.203. The van der Waals surface area contributed by atoms with E-state index in [-0.39, 0.29) is 6.54 Å². The van der Waals surface area contributed by atoms with E-state index in [9.17, 15) is 18.0 Å². The van der Waals surface area contributed by atoms with Crippen LogP contribution in [0.3, 0.4) is 0 Å². The Hall–Kier alpha value is -1.56. The van der Waals surface area contributed by atoms with Gasteiger partial charge in [-0.25, -0.2) is 4.79 Å². The molecule has 0 radical (unpaired) electrons. The van der Waals surface area contributed by atoms with Crippen LogP contribution in [-0.4, -0.2) is 24.8 Å². The molecule has 100 valence electrons. The number of nitrogens with one attached hydrogen (secondary N) is 1. The highest BCUT2D eigenvalue weighted by Crippen LogP contribution is 2.17. The van der Waals surface area contributed by atoms with E-state index >= 15 is 0 Å². The van der Waals surface area contributed by atoms with Crippen molar-refractivity contribution >= 4 is 5.97 Å². The Morgan fingerprint density at radius 3 is 2.50 bits per heavy atom. The molecule has 18 heavy (non-hydrogen) atoms. The van der Waals surface area contributed by atoms with Crippen molar-refractivity contribution in [3.63, 3.8) is 0 Å². The lowest BCUT2D eigenvalue weighted by atomic mass is 10.2. The van der Waals surface area contributed by atoms with Crippen molar-refractivity contribution in [2.24, 2.45) is 0 Å². The van der Waals surface area contributed by atoms with Crippen molar-refractivity contribution in [1.29, 1.82) is 0 Å². The van der Waals surface area contributed by atoms with E-state index in [4.69, 9.17) is 0 Å². The van der Waals surface area contributed by atoms with Crippen LogP contribution in [-0.2, 0) is 16.1 Å². The molecule has 1 unspecified atom stereocenters. The van der Waals surface area contributed by atoms with E-state index in [1.165, 1.54) is 6.92 Å². The Morgan fingerprint density at radius 2 is 1.94 bits per heavy atom. The van der Waals surface area contributed by atoms with Gasteiger partial charge in [0.15, 0.2) is 0 Å². The summed E-state index contributed by atoms with van der Waals surface area (Å²) in [6, 6.07) is 9.38. The first-order valence-electron chi connectivity index (χ1n) is 5.42. The van der Waals surface area contributed by atoms with Crippen LogP contribution in [0.15, 0.2) is 30.3 Å². The fraction of sp³-hybridized carbons (Fsp3) is 0.417. The molecule has 1 atom stereocenters. The average Bonchev–Trinajstić information content (AvgIpc) is 2.29. The second-order valence-electron chi connectivity index (χ2n) is 3.83. The van der Waals surface area contributed by atoms with Crippen LogP contribution in [0.1, 0.15) is 12.5 Å². The van der Waals surface area contributed by atoms with Crippen LogP contribution in [0, 0.1) is 0 Å². The minimum absolute atomic E-state index is 0.163. The second-order valence-corrected chi connectivity index (χ2v) is 3.83. The highest BCUT2D eigenvalue weighted by molar-refractivity contribution is 5.75. The molecule has 3 nitrogen and oxygen atoms in total. The summed E-state index contributed by atoms with van der Waals surface area (Å²) in [5.74, 6) is -2.16. The summed E-state index contributed by atoms with van der Waals surface area (Å²) >= 11 is 0. The van der Waals surface area contributed by atoms with Gasteiger partial charge < -0.3 is 10.1 Å². The van der Waals surface area contributed by atoms with Gasteiger partial charge in [0.2, 0.25) is 0 Å². The molecule has 0 spiro atoms. The summed E-state index contributed by atoms with van der Waals surface area (Å²) in [5.41, 5.74) is 1.01. The Labute approximate surface area is 103 Å². The number of ether oxygens (including phenoxy) is 1. The molecule has 0 aliphatic heterocycles. The van der Waals surface area contributed by atoms with Crippen molar-refractivity contribution in [2.45, 2.75) is 25.7 Å². The number of rotatable bonds is 5. The molecule has 0 aromatic heterocycles. The summed E-state index contributed by atoms with van der Waals surface area (Å²) in [6.07, 6.45) is -5.77. The molecule has 0 saturated heterocycles. The van der Waals surface area contributed by atoms with Gasteiger partial charge in [-0.2, -0.15) is 13.2 Å². The van der Waals surface area contributed by atoms with Crippen LogP contribution >= 0.6 is 0 Å². The lowest BCUT2D eigenvalue weighted by Crippen LogP contribution is -2.34. The zero-order valence-corrected chi connectivity index (χ0v) is 9.83. The first kappa shape index (κ1) is 14.5. The molecule has 0 fully saturated rings. The molecule has 0 aliphatic carbocycles. The van der Waals surface area contributed by atoms with Crippen LogP contribution in [0.25, 0.3) is 0 Å². The Kier molecular flexibility index (Phi) is 5.15. The van der Waals surface area contributed by atoms with Gasteiger partial charge >= 0.3 is 12.1 Å². The van der Waals surface area contributed by atoms with Gasteiger partial charge in [-0.3, -0.25) is 0 Å². The van der Waals surface area contributed by atoms with Crippen LogP contribution in [0.2, 0.25) is 0 Å². The molecule has 0 saturated carbocycles. The molecule has 0 amide bonds. The van der Waals surface area contributed by atoms with E-state index < -0.39 is 18.2 Å². The molecule has 1 rings (SSSR count). The smallest absolute Gasteiger partial charge is 0.455 e. The quantitative estimate of drug-likeness (QED) is 0.826. The maximum absolute atomic E-state index is 11.9. The SMILES string of the molecule is CC(CNCc1ccccc1)OC(=O)C(F)(F)F. The normalized spacial score (nSPS) is 13.1. The molecular formula is C12H14F3NO2. The van der Waals surface area contributed by atoms with E-state index in [0.29, 0.717) is 6.54 Å². The monoisotopic (exact) mass is 261 g/mol. The molecular weight excluding hydrogens is 247 g/mol. The first-order valence-corrected chi connectivity index (χ1v) is 5.42. The first-order chi connectivity index (χ1) is 8.39. The predicted molar refractivity (Wildman–Crippen MR) is 59.8 cm³/mol. The van der Waals surface area contributed by atoms with Crippen molar-refractivity contribution in [2.75, 3.05) is 6.54 Å². The number of carbonyl (C=O) groups is 1. The molecule has 1 aromatic rings. The van der Waals surface area contributed by atoms with Gasteiger partial charge in [-0.1, -0.05) is 30.3 Å². The Balaban J connectivity index is 2.26. The number of halogens is 3. The van der Waals surface area contributed by atoms with Crippen LogP contribution in [0.5, 0.6) is 0 Å². The molecule has 0 bridgehead atoms. The molecule has 0 aliphatic rings. The molecule has 0 heterocycles. The van der Waals surface area contributed by atoms with Gasteiger partial charge in [0.25, 0.3) is 0 Å². The number of hydrogen-bond acceptors (Lipinski definition) is 3. The third-order valence-electron chi connectivity index (χ3n) is 2.14. The minimum Gasteiger partial charge on any atom is -0.455 e. The van der Waals surface area contributed by atoms with Gasteiger partial charge in [0.1, 0.15) is 6.10 Å². The maximum atomic E-state index is 11.9. The van der Waals surface area contributed by atoms with Crippen molar-refractivity contribution in [1.82, 2.24) is 5.32 Å². The maximum Gasteiger partial charge on any atom is 0.490 e. The highest BCUT2D eigenvalue weighted by atomic mass is 19.4. The topological polar surface area (TPSA) is 38.3 Å². The predicted octanol–water partition coefficient (Wildman–Crippen LogP) is 2.27. The number of carbonyl (C=O) groups excluding carboxylic acids is 1. The average molecular weight is 261 g/mol. The van der Waals surface area contributed by atoms with Crippen LogP contribution < -0.4 is 5.32 Å². The third kappa shape index (κ3) is 5.18. The highest BCUT2D eigenvalue weighted by Gasteiger charge is 2.41. The van der Waals surface area contributed by atoms with E-state index in [0.717, 1.165) is 5.56 Å². The second kappa shape index (κ2) is 6.39. The van der Waals surface area contributed by atoms with Gasteiger partial charge in [-0.05, 0) is 12.5 Å². The summed E-state index contributed by atoms with van der Waals surface area (Å²) in [4.78, 5) is 10.5. The van der Waals surface area contributed by atoms with Crippen molar-refractivity contribution < 1.29 is 22.7 Å². The zero-order valence-electron chi connectivity index (χ0n) is 9.83.